The number of benzene rings is 2. The van der Waals surface area contributed by atoms with E-state index in [1.54, 1.807) is 0 Å². The number of hydrogen-bond donors (Lipinski definition) is 2. The third-order valence-corrected chi connectivity index (χ3v) is 2.89. The maximum Gasteiger partial charge on any atom is 0.231 e. The van der Waals surface area contributed by atoms with E-state index in [1.165, 1.54) is 27.5 Å². The van der Waals surface area contributed by atoms with Gasteiger partial charge < -0.3 is 0 Å². The molecule has 0 aliphatic carbocycles. The van der Waals surface area contributed by atoms with Gasteiger partial charge in [-0.2, -0.15) is 0 Å². The minimum atomic E-state index is 0.750. The van der Waals surface area contributed by atoms with Crippen LogP contribution < -0.4 is 0 Å². The first-order valence-corrected chi connectivity index (χ1v) is 5.56. The van der Waals surface area contributed by atoms with Gasteiger partial charge in [-0.05, 0) is 48.2 Å². The third kappa shape index (κ3) is 4.68. The second-order valence-electron chi connectivity index (χ2n) is 3.87. The monoisotopic (exact) mass is 256 g/mol. The molecule has 0 bridgehead atoms. The fourth-order valence-corrected chi connectivity index (χ4v) is 1.80. The molecule has 0 unspecified atom stereocenters. The molecular formula is C15H16N2O2. The first-order chi connectivity index (χ1) is 9.03. The lowest BCUT2D eigenvalue weighted by Gasteiger charge is -2.08. The van der Waals surface area contributed by atoms with E-state index < -0.39 is 0 Å². The topological polar surface area (TPSA) is 81.8 Å². The Balaban J connectivity index is 0.000000465. The van der Waals surface area contributed by atoms with E-state index in [-0.39, 0.29) is 0 Å². The molecule has 19 heavy (non-hydrogen) atoms. The number of rotatable bonds is 0. The Kier molecular flexibility index (Phi) is 7.39. The highest BCUT2D eigenvalue weighted by atomic mass is 16.1. The van der Waals surface area contributed by atoms with Crippen LogP contribution in [0.5, 0.6) is 0 Å². The van der Waals surface area contributed by atoms with Crippen LogP contribution in [0.4, 0.5) is 0 Å². The average molecular weight is 256 g/mol. The van der Waals surface area contributed by atoms with E-state index in [9.17, 15) is 0 Å². The lowest BCUT2D eigenvalue weighted by atomic mass is 9.97. The van der Waals surface area contributed by atoms with E-state index >= 15 is 0 Å². The Hall–Kier alpha value is -2.54. The van der Waals surface area contributed by atoms with Gasteiger partial charge in [-0.25, -0.2) is 20.4 Å². The summed E-state index contributed by atoms with van der Waals surface area (Å²) in [5, 5.41) is 13.5. The first-order valence-electron chi connectivity index (χ1n) is 5.56. The quantitative estimate of drug-likeness (QED) is 0.558. The number of isocyanates is 2. The van der Waals surface area contributed by atoms with Crippen LogP contribution in [0.25, 0.3) is 10.8 Å². The highest BCUT2D eigenvalue weighted by Crippen LogP contribution is 2.23. The molecule has 0 aliphatic heterocycles. The average Bonchev–Trinajstić information content (AvgIpc) is 2.38. The molecule has 0 saturated heterocycles. The fourth-order valence-electron chi connectivity index (χ4n) is 1.80. The zero-order valence-electron chi connectivity index (χ0n) is 11.2. The molecule has 2 aromatic rings. The van der Waals surface area contributed by atoms with Gasteiger partial charge in [-0.15, -0.1) is 0 Å². The van der Waals surface area contributed by atoms with Crippen molar-refractivity contribution in [2.45, 2.75) is 20.8 Å². The van der Waals surface area contributed by atoms with E-state index in [2.05, 4.69) is 51.1 Å². The molecule has 0 spiro atoms. The number of hydrogen-bond acceptors (Lipinski definition) is 4. The maximum atomic E-state index is 8.35. The van der Waals surface area contributed by atoms with E-state index in [0.29, 0.717) is 0 Å². The van der Waals surface area contributed by atoms with Crippen molar-refractivity contribution in [3.05, 3.63) is 47.0 Å². The maximum absolute atomic E-state index is 8.35. The summed E-state index contributed by atoms with van der Waals surface area (Å²) in [6, 6.07) is 10.8. The first kappa shape index (κ1) is 16.5. The summed E-state index contributed by atoms with van der Waals surface area (Å²) in [6.45, 7) is 6.57. The van der Waals surface area contributed by atoms with Gasteiger partial charge in [-0.3, -0.25) is 0 Å². The van der Waals surface area contributed by atoms with Crippen molar-refractivity contribution in [2.75, 3.05) is 0 Å². The van der Waals surface area contributed by atoms with Gasteiger partial charge in [0.2, 0.25) is 12.2 Å². The second-order valence-corrected chi connectivity index (χ2v) is 3.87. The summed E-state index contributed by atoms with van der Waals surface area (Å²) < 4.78 is 0. The van der Waals surface area contributed by atoms with Crippen molar-refractivity contribution in [1.82, 2.24) is 0 Å². The Morgan fingerprint density at radius 1 is 0.895 bits per heavy atom. The molecule has 2 rings (SSSR count). The lowest BCUT2D eigenvalue weighted by molar-refractivity contribution is 0.562. The smallest absolute Gasteiger partial charge is 0.222 e. The Bertz CT molecular complexity index is 609. The van der Waals surface area contributed by atoms with Gasteiger partial charge in [-0.1, -0.05) is 30.3 Å². The molecule has 4 nitrogen and oxygen atoms in total. The van der Waals surface area contributed by atoms with Crippen molar-refractivity contribution in [2.24, 2.45) is 0 Å². The molecule has 0 aromatic heterocycles. The molecule has 0 atom stereocenters. The van der Waals surface area contributed by atoms with Gasteiger partial charge in [0.15, 0.2) is 0 Å². The summed E-state index contributed by atoms with van der Waals surface area (Å²) in [5.74, 6) is 0. The van der Waals surface area contributed by atoms with Gasteiger partial charge in [0.05, 0.1) is 0 Å². The predicted molar refractivity (Wildman–Crippen MR) is 75.0 cm³/mol. The second kappa shape index (κ2) is 8.54. The van der Waals surface area contributed by atoms with Crippen LogP contribution in [0.15, 0.2) is 30.3 Å². The summed E-state index contributed by atoms with van der Waals surface area (Å²) in [5.41, 5.74) is 4.21. The molecule has 2 N–H and O–H groups in total. The Labute approximate surface area is 112 Å². The summed E-state index contributed by atoms with van der Waals surface area (Å²) >= 11 is 0. The standard InChI is InChI=1S/C13H14.2CHNO/c1-9-8-12-6-4-5-7-13(12)11(3)10(9)2;2*2-1-3/h4-8H,1-3H3;2*2H. The molecule has 0 radical (unpaired) electrons. The van der Waals surface area contributed by atoms with Gasteiger partial charge >= 0.3 is 0 Å². The zero-order chi connectivity index (χ0) is 14.8. The molecule has 4 heteroatoms. The Morgan fingerprint density at radius 3 is 1.89 bits per heavy atom. The van der Waals surface area contributed by atoms with Crippen molar-refractivity contribution >= 4 is 22.9 Å². The number of nitrogens with one attached hydrogen (secondary N) is 2. The van der Waals surface area contributed by atoms with Crippen LogP contribution in [0.1, 0.15) is 16.7 Å². The van der Waals surface area contributed by atoms with Crippen LogP contribution in [-0.4, -0.2) is 12.2 Å². The normalized spacial score (nSPS) is 8.16. The number of carbonyl (C=O) groups excluding carboxylic acids is 2. The highest BCUT2D eigenvalue weighted by Gasteiger charge is 2.01. The molecule has 0 amide bonds. The molecule has 2 aromatic carbocycles. The largest absolute Gasteiger partial charge is 0.231 e. The number of fused-ring (bicyclic) bond motifs is 1. The Morgan fingerprint density at radius 2 is 1.37 bits per heavy atom. The fraction of sp³-hybridized carbons (Fsp3) is 0.200. The van der Waals surface area contributed by atoms with E-state index in [1.807, 2.05) is 0 Å². The van der Waals surface area contributed by atoms with Gasteiger partial charge in [0.1, 0.15) is 0 Å². The third-order valence-electron chi connectivity index (χ3n) is 2.89. The van der Waals surface area contributed by atoms with Crippen molar-refractivity contribution in [3.8, 4) is 0 Å². The minimum Gasteiger partial charge on any atom is -0.222 e. The summed E-state index contributed by atoms with van der Waals surface area (Å²) in [4.78, 5) is 16.7. The van der Waals surface area contributed by atoms with Crippen molar-refractivity contribution in [1.29, 1.82) is 10.8 Å². The van der Waals surface area contributed by atoms with Gasteiger partial charge in [0.25, 0.3) is 0 Å². The summed E-state index contributed by atoms with van der Waals surface area (Å²) in [7, 11) is 0. The van der Waals surface area contributed by atoms with Crippen molar-refractivity contribution < 1.29 is 9.59 Å². The van der Waals surface area contributed by atoms with Gasteiger partial charge in [0, 0.05) is 0 Å². The minimum absolute atomic E-state index is 0.750. The van der Waals surface area contributed by atoms with Crippen LogP contribution in [0.3, 0.4) is 0 Å². The van der Waals surface area contributed by atoms with Crippen LogP contribution in [-0.2, 0) is 9.59 Å². The number of aryl methyl sites for hydroxylation is 2. The molecule has 98 valence electrons. The van der Waals surface area contributed by atoms with Crippen LogP contribution in [0, 0.1) is 31.6 Å². The van der Waals surface area contributed by atoms with Crippen LogP contribution in [0.2, 0.25) is 0 Å². The molecule has 0 aliphatic rings. The lowest BCUT2D eigenvalue weighted by Crippen LogP contribution is -1.87. The molecule has 0 saturated carbocycles. The predicted octanol–water partition coefficient (Wildman–Crippen LogP) is 3.57. The highest BCUT2D eigenvalue weighted by molar-refractivity contribution is 5.87. The molecule has 0 fully saturated rings. The molecular weight excluding hydrogens is 240 g/mol. The molecule has 0 heterocycles. The van der Waals surface area contributed by atoms with Crippen LogP contribution >= 0.6 is 0 Å². The summed E-state index contributed by atoms with van der Waals surface area (Å²) in [6.07, 6.45) is 1.50. The SMILES string of the molecule is Cc1cc2ccccc2c(C)c1C.N=C=O.N=C=O. The zero-order valence-corrected chi connectivity index (χ0v) is 11.2. The van der Waals surface area contributed by atoms with E-state index in [0.717, 1.165) is 12.2 Å². The van der Waals surface area contributed by atoms with Crippen molar-refractivity contribution in [3.63, 3.8) is 0 Å². The van der Waals surface area contributed by atoms with E-state index in [4.69, 9.17) is 20.4 Å².